The molecule has 24 heavy (non-hydrogen) atoms. The van der Waals surface area contributed by atoms with Crippen molar-refractivity contribution in [2.24, 2.45) is 5.92 Å². The number of aromatic nitrogens is 2. The zero-order chi connectivity index (χ0) is 16.4. The minimum absolute atomic E-state index is 0.751. The van der Waals surface area contributed by atoms with Gasteiger partial charge in [0.05, 0.1) is 26.6 Å². The molecule has 4 heterocycles. The van der Waals surface area contributed by atoms with Crippen LogP contribution in [0.3, 0.4) is 0 Å². The fraction of sp³-hybridized carbons (Fsp3) is 0.444. The van der Waals surface area contributed by atoms with Gasteiger partial charge in [-0.25, -0.2) is 4.98 Å². The number of rotatable bonds is 5. The number of aryl methyl sites for hydroxylation is 1. The molecule has 0 amide bonds. The molecular weight excluding hydrogens is 336 g/mol. The van der Waals surface area contributed by atoms with Crippen LogP contribution in [0.25, 0.3) is 10.2 Å². The van der Waals surface area contributed by atoms with Gasteiger partial charge in [-0.05, 0) is 56.3 Å². The average molecular weight is 359 g/mol. The summed E-state index contributed by atoms with van der Waals surface area (Å²) in [4.78, 5) is 11.5. The van der Waals surface area contributed by atoms with Crippen molar-refractivity contribution in [2.45, 2.75) is 26.3 Å². The van der Waals surface area contributed by atoms with E-state index in [9.17, 15) is 0 Å². The maximum absolute atomic E-state index is 4.58. The molecule has 0 saturated carbocycles. The van der Waals surface area contributed by atoms with E-state index in [-0.39, 0.29) is 0 Å². The van der Waals surface area contributed by atoms with E-state index in [1.54, 1.807) is 22.7 Å². The summed E-state index contributed by atoms with van der Waals surface area (Å²) in [5.74, 6) is 0.751. The lowest BCUT2D eigenvalue weighted by Crippen LogP contribution is -2.35. The highest BCUT2D eigenvalue weighted by Gasteiger charge is 2.20. The van der Waals surface area contributed by atoms with Gasteiger partial charge in [-0.1, -0.05) is 0 Å². The Balaban J connectivity index is 1.28. The molecule has 1 aliphatic rings. The molecule has 0 bridgehead atoms. The van der Waals surface area contributed by atoms with Crippen LogP contribution in [-0.4, -0.2) is 34.5 Å². The summed E-state index contributed by atoms with van der Waals surface area (Å²) in [6, 6.07) is 4.18. The van der Waals surface area contributed by atoms with Crippen LogP contribution in [-0.2, 0) is 6.54 Å². The Morgan fingerprint density at radius 2 is 2.12 bits per heavy atom. The number of nitrogens with one attached hydrogen (secondary N) is 1. The summed E-state index contributed by atoms with van der Waals surface area (Å²) in [5.41, 5.74) is 3.56. The molecule has 1 fully saturated rings. The van der Waals surface area contributed by atoms with E-state index in [0.717, 1.165) is 24.5 Å². The van der Waals surface area contributed by atoms with E-state index in [4.69, 9.17) is 0 Å². The lowest BCUT2D eigenvalue weighted by atomic mass is 9.96. The molecule has 1 aliphatic heterocycles. The van der Waals surface area contributed by atoms with Crippen LogP contribution in [0.4, 0.5) is 5.69 Å². The predicted molar refractivity (Wildman–Crippen MR) is 103 cm³/mol. The van der Waals surface area contributed by atoms with Crippen LogP contribution in [0, 0.1) is 12.8 Å². The molecule has 0 spiro atoms. The van der Waals surface area contributed by atoms with E-state index < -0.39 is 0 Å². The lowest BCUT2D eigenvalue weighted by Gasteiger charge is -2.31. The molecule has 1 N–H and O–H groups in total. The molecule has 0 aliphatic carbocycles. The highest BCUT2D eigenvalue weighted by Crippen LogP contribution is 2.28. The van der Waals surface area contributed by atoms with Crippen molar-refractivity contribution in [3.63, 3.8) is 0 Å². The van der Waals surface area contributed by atoms with Gasteiger partial charge in [-0.3, -0.25) is 9.88 Å². The topological polar surface area (TPSA) is 41.1 Å². The summed E-state index contributed by atoms with van der Waals surface area (Å²) < 4.78 is 1.27. The maximum atomic E-state index is 4.58. The molecule has 0 unspecified atom stereocenters. The van der Waals surface area contributed by atoms with Gasteiger partial charge in [-0.2, -0.15) is 0 Å². The number of thiophene rings is 1. The smallest absolute Gasteiger partial charge is 0.0897 e. The van der Waals surface area contributed by atoms with E-state index in [1.165, 1.54) is 47.0 Å². The molecule has 126 valence electrons. The van der Waals surface area contributed by atoms with Gasteiger partial charge in [0.1, 0.15) is 0 Å². The summed E-state index contributed by atoms with van der Waals surface area (Å²) >= 11 is 3.51. The van der Waals surface area contributed by atoms with Crippen molar-refractivity contribution in [3.8, 4) is 0 Å². The number of thiazole rings is 1. The summed E-state index contributed by atoms with van der Waals surface area (Å²) in [7, 11) is 0. The monoisotopic (exact) mass is 358 g/mol. The molecule has 4 rings (SSSR count). The quantitative estimate of drug-likeness (QED) is 0.734. The zero-order valence-corrected chi connectivity index (χ0v) is 15.5. The first-order valence-electron chi connectivity index (χ1n) is 8.47. The van der Waals surface area contributed by atoms with Gasteiger partial charge < -0.3 is 5.32 Å². The molecule has 1 saturated heterocycles. The van der Waals surface area contributed by atoms with Crippen LogP contribution in [0.5, 0.6) is 0 Å². The Kier molecular flexibility index (Phi) is 4.78. The van der Waals surface area contributed by atoms with Crippen molar-refractivity contribution >= 4 is 38.6 Å². The van der Waals surface area contributed by atoms with Gasteiger partial charge in [-0.15, -0.1) is 22.7 Å². The second kappa shape index (κ2) is 7.17. The molecule has 6 heteroatoms. The Morgan fingerprint density at radius 3 is 2.92 bits per heavy atom. The molecular formula is C18H22N4S2. The summed E-state index contributed by atoms with van der Waals surface area (Å²) in [5, 5.41) is 9.13. The fourth-order valence-corrected chi connectivity index (χ4v) is 4.77. The van der Waals surface area contributed by atoms with Crippen LogP contribution in [0.1, 0.15) is 23.5 Å². The highest BCUT2D eigenvalue weighted by molar-refractivity contribution is 7.17. The average Bonchev–Trinajstić information content (AvgIpc) is 3.23. The van der Waals surface area contributed by atoms with Gasteiger partial charge in [0.15, 0.2) is 0 Å². The number of piperidine rings is 1. The third-order valence-electron chi connectivity index (χ3n) is 4.68. The SMILES string of the molecule is Cc1nc(CN2CCC(CNc3ccnc4ccsc34)CC2)cs1. The molecule has 3 aromatic rings. The van der Waals surface area contributed by atoms with E-state index >= 15 is 0 Å². The van der Waals surface area contributed by atoms with Crippen molar-refractivity contribution in [2.75, 3.05) is 25.0 Å². The number of fused-ring (bicyclic) bond motifs is 1. The Labute approximate surface area is 150 Å². The number of pyridine rings is 1. The van der Waals surface area contributed by atoms with Crippen molar-refractivity contribution < 1.29 is 0 Å². The fourth-order valence-electron chi connectivity index (χ4n) is 3.33. The minimum Gasteiger partial charge on any atom is -0.384 e. The molecule has 4 nitrogen and oxygen atoms in total. The lowest BCUT2D eigenvalue weighted by molar-refractivity contribution is 0.181. The normalized spacial score (nSPS) is 16.7. The molecule has 0 aromatic carbocycles. The summed E-state index contributed by atoms with van der Waals surface area (Å²) in [6.45, 7) is 6.49. The van der Waals surface area contributed by atoms with Crippen LogP contribution in [0.15, 0.2) is 29.1 Å². The Hall–Kier alpha value is -1.50. The number of hydrogen-bond donors (Lipinski definition) is 1. The van der Waals surface area contributed by atoms with Crippen LogP contribution < -0.4 is 5.32 Å². The van der Waals surface area contributed by atoms with E-state index in [0.29, 0.717) is 0 Å². The van der Waals surface area contributed by atoms with E-state index in [1.807, 2.05) is 6.20 Å². The first-order chi connectivity index (χ1) is 11.8. The van der Waals surface area contributed by atoms with Gasteiger partial charge in [0.25, 0.3) is 0 Å². The van der Waals surface area contributed by atoms with Crippen molar-refractivity contribution in [1.29, 1.82) is 0 Å². The van der Waals surface area contributed by atoms with Crippen LogP contribution >= 0.6 is 22.7 Å². The first kappa shape index (κ1) is 16.0. The summed E-state index contributed by atoms with van der Waals surface area (Å²) in [6.07, 6.45) is 4.42. The second-order valence-electron chi connectivity index (χ2n) is 6.45. The maximum Gasteiger partial charge on any atom is 0.0897 e. The first-order valence-corrected chi connectivity index (χ1v) is 10.2. The third kappa shape index (κ3) is 3.61. The third-order valence-corrected chi connectivity index (χ3v) is 6.44. The van der Waals surface area contributed by atoms with Crippen molar-refractivity contribution in [3.05, 3.63) is 39.8 Å². The number of hydrogen-bond acceptors (Lipinski definition) is 6. The van der Waals surface area contributed by atoms with Gasteiger partial charge in [0.2, 0.25) is 0 Å². The predicted octanol–water partition coefficient (Wildman–Crippen LogP) is 4.39. The number of likely N-dealkylation sites (tertiary alicyclic amines) is 1. The standard InChI is InChI=1S/C18H22N4S2/c1-13-21-15(12-24-13)11-22-7-3-14(4-8-22)10-20-16-2-6-19-17-5-9-23-18(16)17/h2,5-6,9,12,14H,3-4,7-8,10-11H2,1H3,(H,19,20). The largest absolute Gasteiger partial charge is 0.384 e. The molecule has 0 radical (unpaired) electrons. The number of anilines is 1. The highest BCUT2D eigenvalue weighted by atomic mass is 32.1. The number of nitrogens with zero attached hydrogens (tertiary/aromatic N) is 3. The van der Waals surface area contributed by atoms with Crippen molar-refractivity contribution in [1.82, 2.24) is 14.9 Å². The zero-order valence-electron chi connectivity index (χ0n) is 13.9. The Bertz CT molecular complexity index is 802. The molecule has 0 atom stereocenters. The second-order valence-corrected chi connectivity index (χ2v) is 8.43. The Morgan fingerprint density at radius 1 is 1.25 bits per heavy atom. The van der Waals surface area contributed by atoms with Gasteiger partial charge in [0, 0.05) is 24.7 Å². The minimum atomic E-state index is 0.751. The van der Waals surface area contributed by atoms with Crippen LogP contribution in [0.2, 0.25) is 0 Å². The van der Waals surface area contributed by atoms with Gasteiger partial charge >= 0.3 is 0 Å². The molecule has 3 aromatic heterocycles. The van der Waals surface area contributed by atoms with E-state index in [2.05, 4.69) is 50.0 Å².